The Kier molecular flexibility index (Phi) is 19.4. The van der Waals surface area contributed by atoms with Crippen LogP contribution in [-0.2, 0) is 4.79 Å². The molecule has 90 valence electrons. The predicted octanol–water partition coefficient (Wildman–Crippen LogP) is 1.92. The zero-order valence-corrected chi connectivity index (χ0v) is 10.4. The normalized spacial score (nSPS) is 10.3. The fourth-order valence-electron chi connectivity index (χ4n) is 0.382. The molecule has 0 aromatic heterocycles. The Hall–Kier alpha value is -1.39. The summed E-state index contributed by atoms with van der Waals surface area (Å²) in [5.74, 6) is -0.944. The van der Waals surface area contributed by atoms with Crippen molar-refractivity contribution in [2.75, 3.05) is 14.1 Å². The number of amidine groups is 1. The average molecular weight is 219 g/mol. The highest BCUT2D eigenvalue weighted by Crippen LogP contribution is 1.96. The first-order chi connectivity index (χ1) is 7.11. The van der Waals surface area contributed by atoms with Gasteiger partial charge in [0.15, 0.2) is 11.7 Å². The average Bonchev–Trinajstić information content (AvgIpc) is 2.32. The van der Waals surface area contributed by atoms with Crippen molar-refractivity contribution in [1.29, 1.82) is 0 Å². The van der Waals surface area contributed by atoms with Crippen LogP contribution < -0.4 is 5.73 Å². The van der Waals surface area contributed by atoms with Crippen molar-refractivity contribution in [3.8, 4) is 0 Å². The molecule has 0 fully saturated rings. The van der Waals surface area contributed by atoms with E-state index in [-0.39, 0.29) is 5.84 Å². The fraction of sp³-hybridized carbons (Fsp3) is 0.600. The van der Waals surface area contributed by atoms with Crippen molar-refractivity contribution in [3.05, 3.63) is 12.0 Å². The molecule has 0 bridgehead atoms. The summed E-state index contributed by atoms with van der Waals surface area (Å²) in [5, 5.41) is 0. The topological polar surface area (TPSA) is 58.7 Å². The van der Waals surface area contributed by atoms with E-state index >= 15 is 0 Å². The van der Waals surface area contributed by atoms with E-state index in [1.807, 2.05) is 27.7 Å². The van der Waals surface area contributed by atoms with E-state index < -0.39 is 5.83 Å². The molecule has 0 aromatic carbocycles. The van der Waals surface area contributed by atoms with Gasteiger partial charge in [0.1, 0.15) is 0 Å². The molecule has 0 rings (SSSR count). The molecule has 0 aromatic rings. The van der Waals surface area contributed by atoms with Crippen LogP contribution in [0.2, 0.25) is 0 Å². The smallest absolute Gasteiger partial charge is 0.213 e. The van der Waals surface area contributed by atoms with Crippen LogP contribution >= 0.6 is 0 Å². The molecule has 5 heteroatoms. The van der Waals surface area contributed by atoms with E-state index in [1.54, 1.807) is 0 Å². The Labute approximate surface area is 91.7 Å². The van der Waals surface area contributed by atoms with Crippen LogP contribution in [0.4, 0.5) is 4.39 Å². The Balaban J connectivity index is -0.000000318. The summed E-state index contributed by atoms with van der Waals surface area (Å²) in [5.41, 5.74) is 5.08. The molecule has 0 aliphatic carbocycles. The highest BCUT2D eigenvalue weighted by molar-refractivity contribution is 5.94. The van der Waals surface area contributed by atoms with Gasteiger partial charge in [-0.1, -0.05) is 27.7 Å². The van der Waals surface area contributed by atoms with Crippen LogP contribution in [0.25, 0.3) is 0 Å². The van der Waals surface area contributed by atoms with E-state index in [9.17, 15) is 9.18 Å². The van der Waals surface area contributed by atoms with Gasteiger partial charge in [-0.2, -0.15) is 0 Å². The minimum absolute atomic E-state index is 0.223. The highest BCUT2D eigenvalue weighted by Gasteiger charge is 1.99. The van der Waals surface area contributed by atoms with Gasteiger partial charge in [0.25, 0.3) is 0 Å². The number of rotatable bonds is 3. The zero-order valence-electron chi connectivity index (χ0n) is 10.4. The summed E-state index contributed by atoms with van der Waals surface area (Å²) in [7, 11) is 2.76. The molecule has 0 aliphatic heterocycles. The molecular formula is C10H22FN3O. The Morgan fingerprint density at radius 2 is 1.73 bits per heavy atom. The number of hydrogen-bond donors (Lipinski definition) is 1. The molecule has 0 spiro atoms. The third kappa shape index (κ3) is 12.6. The number of aliphatic imine (C=N–C) groups is 1. The molecule has 2 N–H and O–H groups in total. The van der Waals surface area contributed by atoms with Crippen LogP contribution in [0.3, 0.4) is 0 Å². The number of hydrogen-bond acceptors (Lipinski definition) is 2. The number of carbonyl (C=O) groups is 1. The molecule has 0 saturated heterocycles. The van der Waals surface area contributed by atoms with E-state index in [2.05, 4.69) is 4.99 Å². The van der Waals surface area contributed by atoms with E-state index in [1.165, 1.54) is 14.1 Å². The number of nitrogens with zero attached hydrogens (tertiary/aromatic N) is 2. The maximum atomic E-state index is 12.6. The molecule has 0 saturated carbocycles. The lowest BCUT2D eigenvalue weighted by Crippen LogP contribution is -2.16. The van der Waals surface area contributed by atoms with Crippen LogP contribution in [0.1, 0.15) is 27.7 Å². The Bertz CT molecular complexity index is 203. The van der Waals surface area contributed by atoms with Gasteiger partial charge in [0, 0.05) is 20.3 Å². The van der Waals surface area contributed by atoms with Gasteiger partial charge in [0.2, 0.25) is 6.41 Å². The summed E-state index contributed by atoms with van der Waals surface area (Å²) in [4.78, 5) is 14.4. The minimum Gasteiger partial charge on any atom is -0.382 e. The Morgan fingerprint density at radius 1 is 1.33 bits per heavy atom. The first kappa shape index (κ1) is 19.2. The van der Waals surface area contributed by atoms with Crippen LogP contribution in [0.5, 0.6) is 0 Å². The van der Waals surface area contributed by atoms with Crippen molar-refractivity contribution < 1.29 is 9.18 Å². The molecule has 0 radical (unpaired) electrons. The molecular weight excluding hydrogens is 197 g/mol. The van der Waals surface area contributed by atoms with Crippen LogP contribution in [0, 0.1) is 0 Å². The summed E-state index contributed by atoms with van der Waals surface area (Å²) < 4.78 is 12.6. The highest BCUT2D eigenvalue weighted by atomic mass is 19.1. The van der Waals surface area contributed by atoms with Crippen molar-refractivity contribution in [1.82, 2.24) is 4.90 Å². The molecule has 4 nitrogen and oxygen atoms in total. The summed E-state index contributed by atoms with van der Waals surface area (Å²) in [6, 6.07) is 0. The van der Waals surface area contributed by atoms with Crippen molar-refractivity contribution in [2.24, 2.45) is 10.7 Å². The lowest BCUT2D eigenvalue weighted by molar-refractivity contribution is -0.115. The first-order valence-corrected chi connectivity index (χ1v) is 4.89. The van der Waals surface area contributed by atoms with Crippen molar-refractivity contribution in [2.45, 2.75) is 27.7 Å². The number of halogens is 1. The summed E-state index contributed by atoms with van der Waals surface area (Å²) in [6.07, 6.45) is 1.41. The van der Waals surface area contributed by atoms with Gasteiger partial charge < -0.3 is 10.6 Å². The maximum Gasteiger partial charge on any atom is 0.213 e. The van der Waals surface area contributed by atoms with Gasteiger partial charge in [-0.05, 0) is 0 Å². The number of amides is 1. The number of nitrogens with two attached hydrogens (primary N) is 1. The molecule has 0 unspecified atom stereocenters. The third-order valence-corrected chi connectivity index (χ3v) is 0.969. The van der Waals surface area contributed by atoms with Gasteiger partial charge >= 0.3 is 0 Å². The molecule has 0 atom stereocenters. The predicted molar refractivity (Wildman–Crippen MR) is 63.3 cm³/mol. The summed E-state index contributed by atoms with van der Waals surface area (Å²) in [6.45, 7) is 8.00. The number of carbonyl (C=O) groups excluding carboxylic acids is 1. The third-order valence-electron chi connectivity index (χ3n) is 0.969. The van der Waals surface area contributed by atoms with E-state index in [4.69, 9.17) is 5.73 Å². The van der Waals surface area contributed by atoms with E-state index in [0.717, 1.165) is 11.1 Å². The molecule has 0 heterocycles. The minimum atomic E-state index is -0.720. The first-order valence-electron chi connectivity index (χ1n) is 4.89. The standard InChI is InChI=1S/C6H10FN3O.2C2H6/c1-9-6(8)5(7)3-10(2)4-11;2*1-2/h3-4H,1-2H3,(H2,8,9);2*1-2H3/b5-3+;;. The van der Waals surface area contributed by atoms with E-state index in [0.29, 0.717) is 6.41 Å². The van der Waals surface area contributed by atoms with Gasteiger partial charge in [-0.3, -0.25) is 9.79 Å². The largest absolute Gasteiger partial charge is 0.382 e. The van der Waals surface area contributed by atoms with Gasteiger partial charge in [-0.25, -0.2) is 4.39 Å². The van der Waals surface area contributed by atoms with Crippen molar-refractivity contribution >= 4 is 12.2 Å². The van der Waals surface area contributed by atoms with Crippen LogP contribution in [-0.4, -0.2) is 31.2 Å². The van der Waals surface area contributed by atoms with Gasteiger partial charge in [-0.15, -0.1) is 0 Å². The zero-order chi connectivity index (χ0) is 12.9. The van der Waals surface area contributed by atoms with Gasteiger partial charge in [0.05, 0.1) is 0 Å². The second-order valence-corrected chi connectivity index (χ2v) is 1.86. The fourth-order valence-corrected chi connectivity index (χ4v) is 0.382. The second-order valence-electron chi connectivity index (χ2n) is 1.86. The molecule has 15 heavy (non-hydrogen) atoms. The summed E-state index contributed by atoms with van der Waals surface area (Å²) >= 11 is 0. The van der Waals surface area contributed by atoms with Crippen molar-refractivity contribution in [3.63, 3.8) is 0 Å². The monoisotopic (exact) mass is 219 g/mol. The lowest BCUT2D eigenvalue weighted by Gasteiger charge is -2.02. The Morgan fingerprint density at radius 3 is 2.00 bits per heavy atom. The lowest BCUT2D eigenvalue weighted by atomic mass is 10.5. The maximum absolute atomic E-state index is 12.6. The van der Waals surface area contributed by atoms with Crippen LogP contribution in [0.15, 0.2) is 17.0 Å². The SMILES string of the molecule is CC.CC.CN=C(N)/C(F)=C\N(C)C=O. The quantitative estimate of drug-likeness (QED) is 0.448. The molecule has 0 aliphatic rings. The second kappa shape index (κ2) is 15.1. The molecule has 1 amide bonds.